The molecule has 0 aromatic rings. The molecule has 0 aliphatic heterocycles. The Morgan fingerprint density at radius 1 is 0.783 bits per heavy atom. The number of carbonyl (C=O) groups is 2. The van der Waals surface area contributed by atoms with Crippen molar-refractivity contribution in [3.8, 4) is 0 Å². The van der Waals surface area contributed by atoms with Crippen molar-refractivity contribution in [1.82, 2.24) is 0 Å². The van der Waals surface area contributed by atoms with Gasteiger partial charge in [-0.05, 0) is 24.7 Å². The fourth-order valence-electron chi connectivity index (χ4n) is 4.28. The average molecular weight is 328 g/mol. The number of unbranched alkanes of at least 4 members (excludes halogenated alkanes) is 3. The van der Waals surface area contributed by atoms with Gasteiger partial charge in [-0.25, -0.2) is 0 Å². The molecule has 0 aliphatic carbocycles. The van der Waals surface area contributed by atoms with Crippen molar-refractivity contribution in [2.45, 2.75) is 91.9 Å². The fraction of sp³-hybridized carbons (Fsp3) is 0.895. The van der Waals surface area contributed by atoms with Crippen LogP contribution in [-0.2, 0) is 9.59 Å². The minimum absolute atomic E-state index is 0.211. The van der Waals surface area contributed by atoms with Crippen molar-refractivity contribution in [2.75, 3.05) is 0 Å². The highest BCUT2D eigenvalue weighted by atomic mass is 16.4. The summed E-state index contributed by atoms with van der Waals surface area (Å²) in [6.45, 7) is 8.39. The predicted octanol–water partition coefficient (Wildman–Crippen LogP) is 5.36. The normalized spacial score (nSPS) is 12.1. The van der Waals surface area contributed by atoms with Crippen LogP contribution in [-0.4, -0.2) is 22.2 Å². The van der Waals surface area contributed by atoms with Gasteiger partial charge in [0.15, 0.2) is 0 Å². The standard InChI is InChI=1S/C19H36O4/c1-5-15(6-2)19(18(22)23,16(7-3)8-4)14-12-10-9-11-13-17(20)21/h15-16H,5-14H2,1-4H3,(H,20,21)(H,22,23). The molecule has 2 N–H and O–H groups in total. The van der Waals surface area contributed by atoms with Gasteiger partial charge in [-0.3, -0.25) is 9.59 Å². The Morgan fingerprint density at radius 3 is 1.57 bits per heavy atom. The Bertz CT molecular complexity index is 331. The molecule has 23 heavy (non-hydrogen) atoms. The van der Waals surface area contributed by atoms with Gasteiger partial charge in [-0.15, -0.1) is 0 Å². The van der Waals surface area contributed by atoms with Crippen LogP contribution in [0.2, 0.25) is 0 Å². The van der Waals surface area contributed by atoms with E-state index in [0.717, 1.165) is 44.9 Å². The molecular weight excluding hydrogens is 292 g/mol. The van der Waals surface area contributed by atoms with Gasteiger partial charge >= 0.3 is 11.9 Å². The Kier molecular flexibility index (Phi) is 10.9. The highest BCUT2D eigenvalue weighted by Crippen LogP contribution is 2.47. The highest BCUT2D eigenvalue weighted by molar-refractivity contribution is 5.75. The summed E-state index contributed by atoms with van der Waals surface area (Å²) in [6, 6.07) is 0. The molecule has 0 rings (SSSR count). The van der Waals surface area contributed by atoms with E-state index in [1.807, 2.05) is 0 Å². The quantitative estimate of drug-likeness (QED) is 0.421. The molecule has 0 spiro atoms. The number of carboxylic acids is 2. The van der Waals surface area contributed by atoms with Crippen LogP contribution in [0.25, 0.3) is 0 Å². The van der Waals surface area contributed by atoms with E-state index >= 15 is 0 Å². The fourth-order valence-corrected chi connectivity index (χ4v) is 4.28. The van der Waals surface area contributed by atoms with Gasteiger partial charge in [-0.2, -0.15) is 0 Å². The van der Waals surface area contributed by atoms with E-state index in [-0.39, 0.29) is 18.3 Å². The smallest absolute Gasteiger partial charge is 0.310 e. The third-order valence-electron chi connectivity index (χ3n) is 5.56. The lowest BCUT2D eigenvalue weighted by Crippen LogP contribution is -2.44. The molecule has 0 heterocycles. The summed E-state index contributed by atoms with van der Waals surface area (Å²) in [6.07, 6.45) is 7.88. The minimum Gasteiger partial charge on any atom is -0.481 e. The van der Waals surface area contributed by atoms with Gasteiger partial charge < -0.3 is 10.2 Å². The molecule has 4 nitrogen and oxygen atoms in total. The lowest BCUT2D eigenvalue weighted by atomic mass is 9.60. The van der Waals surface area contributed by atoms with E-state index in [0.29, 0.717) is 12.8 Å². The van der Waals surface area contributed by atoms with Crippen LogP contribution in [0.15, 0.2) is 0 Å². The lowest BCUT2D eigenvalue weighted by Gasteiger charge is -2.42. The molecule has 0 atom stereocenters. The van der Waals surface area contributed by atoms with E-state index in [2.05, 4.69) is 27.7 Å². The monoisotopic (exact) mass is 328 g/mol. The second-order valence-electron chi connectivity index (χ2n) is 6.68. The van der Waals surface area contributed by atoms with Gasteiger partial charge in [-0.1, -0.05) is 72.6 Å². The maximum Gasteiger partial charge on any atom is 0.310 e. The summed E-state index contributed by atoms with van der Waals surface area (Å²) < 4.78 is 0. The number of hydrogen-bond acceptors (Lipinski definition) is 2. The molecular formula is C19H36O4. The topological polar surface area (TPSA) is 74.6 Å². The number of rotatable bonds is 14. The third kappa shape index (κ3) is 6.15. The summed E-state index contributed by atoms with van der Waals surface area (Å²) in [5.41, 5.74) is -0.625. The number of aliphatic carboxylic acids is 2. The second kappa shape index (κ2) is 11.5. The average Bonchev–Trinajstić information content (AvgIpc) is 2.51. The van der Waals surface area contributed by atoms with E-state index in [4.69, 9.17) is 5.11 Å². The van der Waals surface area contributed by atoms with Crippen LogP contribution < -0.4 is 0 Å². The SMILES string of the molecule is CCC(CC)C(CCCCCCC(=O)O)(C(=O)O)C(CC)CC. The first-order valence-corrected chi connectivity index (χ1v) is 9.35. The zero-order chi connectivity index (χ0) is 17.9. The van der Waals surface area contributed by atoms with E-state index in [1.54, 1.807) is 0 Å². The highest BCUT2D eigenvalue weighted by Gasteiger charge is 2.48. The molecule has 0 fully saturated rings. The second-order valence-corrected chi connectivity index (χ2v) is 6.68. The molecule has 0 bridgehead atoms. The van der Waals surface area contributed by atoms with Gasteiger partial charge in [0.2, 0.25) is 0 Å². The first-order valence-electron chi connectivity index (χ1n) is 9.35. The van der Waals surface area contributed by atoms with Crippen LogP contribution in [0.4, 0.5) is 0 Å². The third-order valence-corrected chi connectivity index (χ3v) is 5.56. The Labute approximate surface area is 141 Å². The predicted molar refractivity (Wildman–Crippen MR) is 93.6 cm³/mol. The zero-order valence-electron chi connectivity index (χ0n) is 15.4. The van der Waals surface area contributed by atoms with Crippen molar-refractivity contribution in [2.24, 2.45) is 17.3 Å². The van der Waals surface area contributed by atoms with Crippen LogP contribution >= 0.6 is 0 Å². The molecule has 0 saturated carbocycles. The van der Waals surface area contributed by atoms with Gasteiger partial charge in [0, 0.05) is 6.42 Å². The summed E-state index contributed by atoms with van der Waals surface area (Å²) in [5, 5.41) is 18.8. The van der Waals surface area contributed by atoms with E-state index in [9.17, 15) is 14.7 Å². The Balaban J connectivity index is 4.96. The molecule has 0 unspecified atom stereocenters. The summed E-state index contributed by atoms with van der Waals surface area (Å²) in [7, 11) is 0. The van der Waals surface area contributed by atoms with Crippen molar-refractivity contribution in [3.05, 3.63) is 0 Å². The van der Waals surface area contributed by atoms with Crippen molar-refractivity contribution in [1.29, 1.82) is 0 Å². The lowest BCUT2D eigenvalue weighted by molar-refractivity contribution is -0.159. The molecule has 136 valence electrons. The summed E-state index contributed by atoms with van der Waals surface area (Å²) in [4.78, 5) is 22.8. The molecule has 4 heteroatoms. The largest absolute Gasteiger partial charge is 0.481 e. The van der Waals surface area contributed by atoms with E-state index < -0.39 is 17.4 Å². The van der Waals surface area contributed by atoms with E-state index in [1.165, 1.54) is 0 Å². The van der Waals surface area contributed by atoms with Crippen molar-refractivity contribution >= 4 is 11.9 Å². The maximum absolute atomic E-state index is 12.3. The summed E-state index contributed by atoms with van der Waals surface area (Å²) >= 11 is 0. The first-order chi connectivity index (χ1) is 10.9. The number of hydrogen-bond donors (Lipinski definition) is 2. The number of carboxylic acid groups (broad SMARTS) is 2. The van der Waals surface area contributed by atoms with Crippen LogP contribution in [0.1, 0.15) is 91.9 Å². The summed E-state index contributed by atoms with van der Waals surface area (Å²) in [5.74, 6) is -0.961. The minimum atomic E-state index is -0.751. The van der Waals surface area contributed by atoms with Crippen LogP contribution in [0.3, 0.4) is 0 Å². The Morgan fingerprint density at radius 2 is 1.22 bits per heavy atom. The van der Waals surface area contributed by atoms with Crippen LogP contribution in [0, 0.1) is 17.3 Å². The molecule has 0 radical (unpaired) electrons. The molecule has 0 aliphatic rings. The van der Waals surface area contributed by atoms with Crippen molar-refractivity contribution < 1.29 is 19.8 Å². The molecule has 0 aromatic carbocycles. The van der Waals surface area contributed by atoms with Gasteiger partial charge in [0.25, 0.3) is 0 Å². The molecule has 0 aromatic heterocycles. The zero-order valence-corrected chi connectivity index (χ0v) is 15.4. The first kappa shape index (κ1) is 21.9. The molecule has 0 amide bonds. The van der Waals surface area contributed by atoms with Gasteiger partial charge in [0.1, 0.15) is 0 Å². The van der Waals surface area contributed by atoms with Crippen molar-refractivity contribution in [3.63, 3.8) is 0 Å². The maximum atomic E-state index is 12.3. The van der Waals surface area contributed by atoms with Gasteiger partial charge in [0.05, 0.1) is 5.41 Å². The molecule has 0 saturated heterocycles. The Hall–Kier alpha value is -1.06. The van der Waals surface area contributed by atoms with Crippen LogP contribution in [0.5, 0.6) is 0 Å².